The van der Waals surface area contributed by atoms with E-state index < -0.39 is 0 Å². The molecule has 1 aromatic carbocycles. The van der Waals surface area contributed by atoms with Gasteiger partial charge in [-0.05, 0) is 38.1 Å². The van der Waals surface area contributed by atoms with Gasteiger partial charge in [0, 0.05) is 22.1 Å². The molecule has 0 bridgehead atoms. The third-order valence-corrected chi connectivity index (χ3v) is 3.35. The molecule has 0 aliphatic rings. The Labute approximate surface area is 110 Å². The van der Waals surface area contributed by atoms with Gasteiger partial charge in [-0.1, -0.05) is 11.6 Å². The molecule has 0 fully saturated rings. The maximum Gasteiger partial charge on any atom is 0.214 e. The van der Waals surface area contributed by atoms with Crippen molar-refractivity contribution in [1.82, 2.24) is 9.55 Å². The van der Waals surface area contributed by atoms with Crippen LogP contribution in [0.4, 0.5) is 0 Å². The largest absolute Gasteiger partial charge is 0.444 e. The summed E-state index contributed by atoms with van der Waals surface area (Å²) in [6.45, 7) is 4.52. The lowest BCUT2D eigenvalue weighted by molar-refractivity contribution is 0.459. The fourth-order valence-corrected chi connectivity index (χ4v) is 2.24. The molecule has 92 valence electrons. The Morgan fingerprint density at radius 1 is 1.28 bits per heavy atom. The Hall–Kier alpha value is -1.74. The van der Waals surface area contributed by atoms with Crippen LogP contribution in [-0.4, -0.2) is 9.55 Å². The lowest BCUT2D eigenvalue weighted by atomic mass is 10.2. The van der Waals surface area contributed by atoms with Crippen LogP contribution in [0.5, 0.6) is 0 Å². The summed E-state index contributed by atoms with van der Waals surface area (Å²) in [5.74, 6) is 1.61. The summed E-state index contributed by atoms with van der Waals surface area (Å²) < 4.78 is 7.71. The standard InChI is InChI=1S/C14H13ClN2O/c1-9-10(2)18-14(16-9)8-17-6-5-11-7-12(15)3-4-13(11)17/h3-7H,8H2,1-2H3. The van der Waals surface area contributed by atoms with Gasteiger partial charge in [0.25, 0.3) is 0 Å². The molecule has 0 atom stereocenters. The van der Waals surface area contributed by atoms with Gasteiger partial charge >= 0.3 is 0 Å². The summed E-state index contributed by atoms with van der Waals surface area (Å²) in [5.41, 5.74) is 2.08. The molecule has 0 aliphatic carbocycles. The molecule has 0 saturated carbocycles. The van der Waals surface area contributed by atoms with Crippen LogP contribution in [0.1, 0.15) is 17.3 Å². The first-order valence-electron chi connectivity index (χ1n) is 5.81. The van der Waals surface area contributed by atoms with Gasteiger partial charge in [0.2, 0.25) is 5.89 Å². The third kappa shape index (κ3) is 1.91. The van der Waals surface area contributed by atoms with Gasteiger partial charge in [0.15, 0.2) is 0 Å². The summed E-state index contributed by atoms with van der Waals surface area (Å²) in [4.78, 5) is 4.40. The maximum absolute atomic E-state index is 5.97. The number of rotatable bonds is 2. The molecule has 4 heteroatoms. The van der Waals surface area contributed by atoms with Crippen molar-refractivity contribution in [2.75, 3.05) is 0 Å². The molecule has 0 radical (unpaired) electrons. The second kappa shape index (κ2) is 4.18. The summed E-state index contributed by atoms with van der Waals surface area (Å²) in [6, 6.07) is 7.91. The zero-order valence-corrected chi connectivity index (χ0v) is 11.0. The first-order chi connectivity index (χ1) is 8.63. The Morgan fingerprint density at radius 3 is 2.83 bits per heavy atom. The van der Waals surface area contributed by atoms with Gasteiger partial charge in [-0.2, -0.15) is 0 Å². The molecular formula is C14H13ClN2O. The number of hydrogen-bond donors (Lipinski definition) is 0. The molecule has 2 aromatic heterocycles. The Bertz CT molecular complexity index is 692. The second-order valence-electron chi connectivity index (χ2n) is 4.40. The lowest BCUT2D eigenvalue weighted by Gasteiger charge is -2.02. The molecule has 0 unspecified atom stereocenters. The molecule has 0 amide bonds. The van der Waals surface area contributed by atoms with Crippen molar-refractivity contribution >= 4 is 22.5 Å². The number of halogens is 1. The zero-order chi connectivity index (χ0) is 12.7. The first kappa shape index (κ1) is 11.4. The van der Waals surface area contributed by atoms with Crippen molar-refractivity contribution in [2.45, 2.75) is 20.4 Å². The van der Waals surface area contributed by atoms with Crippen LogP contribution in [0.25, 0.3) is 10.9 Å². The predicted octanol–water partition coefficient (Wildman–Crippen LogP) is 3.95. The highest BCUT2D eigenvalue weighted by Gasteiger charge is 2.08. The van der Waals surface area contributed by atoms with E-state index in [4.69, 9.17) is 16.0 Å². The van der Waals surface area contributed by atoms with Crippen molar-refractivity contribution < 1.29 is 4.42 Å². The minimum absolute atomic E-state index is 0.639. The second-order valence-corrected chi connectivity index (χ2v) is 4.83. The van der Waals surface area contributed by atoms with E-state index in [0.717, 1.165) is 33.3 Å². The van der Waals surface area contributed by atoms with Gasteiger partial charge in [-0.3, -0.25) is 0 Å². The van der Waals surface area contributed by atoms with E-state index in [0.29, 0.717) is 6.54 Å². The number of fused-ring (bicyclic) bond motifs is 1. The molecular weight excluding hydrogens is 248 g/mol. The maximum atomic E-state index is 5.97. The number of aromatic nitrogens is 2. The first-order valence-corrected chi connectivity index (χ1v) is 6.18. The van der Waals surface area contributed by atoms with Crippen LogP contribution in [0.3, 0.4) is 0 Å². The molecule has 0 N–H and O–H groups in total. The summed E-state index contributed by atoms with van der Waals surface area (Å²) in [6.07, 6.45) is 2.02. The summed E-state index contributed by atoms with van der Waals surface area (Å²) in [5, 5.41) is 1.88. The van der Waals surface area contributed by atoms with E-state index in [1.165, 1.54) is 0 Å². The number of hydrogen-bond acceptors (Lipinski definition) is 2. The SMILES string of the molecule is Cc1nc(Cn2ccc3cc(Cl)ccc32)oc1C. The smallest absolute Gasteiger partial charge is 0.214 e. The van der Waals surface area contributed by atoms with Crippen molar-refractivity contribution in [3.8, 4) is 0 Å². The molecule has 0 aliphatic heterocycles. The Morgan fingerprint density at radius 2 is 2.11 bits per heavy atom. The molecule has 18 heavy (non-hydrogen) atoms. The molecule has 3 aromatic rings. The van der Waals surface area contributed by atoms with Crippen LogP contribution in [-0.2, 0) is 6.54 Å². The van der Waals surface area contributed by atoms with Gasteiger partial charge in [-0.25, -0.2) is 4.98 Å². The van der Waals surface area contributed by atoms with Crippen molar-refractivity contribution in [3.63, 3.8) is 0 Å². The average Bonchev–Trinajstić information content (AvgIpc) is 2.84. The van der Waals surface area contributed by atoms with Crippen LogP contribution < -0.4 is 0 Å². The predicted molar refractivity (Wildman–Crippen MR) is 72.0 cm³/mol. The zero-order valence-electron chi connectivity index (χ0n) is 10.3. The van der Waals surface area contributed by atoms with Crippen LogP contribution >= 0.6 is 11.6 Å². The highest BCUT2D eigenvalue weighted by molar-refractivity contribution is 6.31. The normalized spacial score (nSPS) is 11.3. The third-order valence-electron chi connectivity index (χ3n) is 3.11. The minimum atomic E-state index is 0.639. The fourth-order valence-electron chi connectivity index (χ4n) is 2.06. The van der Waals surface area contributed by atoms with E-state index in [2.05, 4.69) is 9.55 Å². The lowest BCUT2D eigenvalue weighted by Crippen LogP contribution is -1.97. The molecule has 3 rings (SSSR count). The van der Waals surface area contributed by atoms with Gasteiger partial charge in [0.05, 0.1) is 12.2 Å². The van der Waals surface area contributed by atoms with Crippen molar-refractivity contribution in [3.05, 3.63) is 52.8 Å². The minimum Gasteiger partial charge on any atom is -0.444 e. The number of oxazole rings is 1. The average molecular weight is 261 g/mol. The van der Waals surface area contributed by atoms with E-state index in [1.54, 1.807) is 0 Å². The number of aryl methyl sites for hydroxylation is 2. The highest BCUT2D eigenvalue weighted by atomic mass is 35.5. The van der Waals surface area contributed by atoms with E-state index >= 15 is 0 Å². The molecule has 0 saturated heterocycles. The van der Waals surface area contributed by atoms with Crippen LogP contribution in [0.2, 0.25) is 5.02 Å². The monoisotopic (exact) mass is 260 g/mol. The van der Waals surface area contributed by atoms with Crippen molar-refractivity contribution in [2.24, 2.45) is 0 Å². The molecule has 0 spiro atoms. The van der Waals surface area contributed by atoms with Crippen LogP contribution in [0, 0.1) is 13.8 Å². The van der Waals surface area contributed by atoms with Gasteiger partial charge < -0.3 is 8.98 Å². The van der Waals surface area contributed by atoms with Gasteiger partial charge in [-0.15, -0.1) is 0 Å². The summed E-state index contributed by atoms with van der Waals surface area (Å²) >= 11 is 5.97. The highest BCUT2D eigenvalue weighted by Crippen LogP contribution is 2.21. The van der Waals surface area contributed by atoms with Crippen molar-refractivity contribution in [1.29, 1.82) is 0 Å². The van der Waals surface area contributed by atoms with E-state index in [1.807, 2.05) is 44.3 Å². The molecule has 3 nitrogen and oxygen atoms in total. The number of benzene rings is 1. The van der Waals surface area contributed by atoms with Crippen LogP contribution in [0.15, 0.2) is 34.9 Å². The fraction of sp³-hybridized carbons (Fsp3) is 0.214. The Kier molecular flexibility index (Phi) is 2.63. The van der Waals surface area contributed by atoms with E-state index in [9.17, 15) is 0 Å². The Balaban J connectivity index is 2.00. The molecule has 2 heterocycles. The van der Waals surface area contributed by atoms with E-state index in [-0.39, 0.29) is 0 Å². The number of nitrogens with zero attached hydrogens (tertiary/aromatic N) is 2. The topological polar surface area (TPSA) is 31.0 Å². The summed E-state index contributed by atoms with van der Waals surface area (Å²) in [7, 11) is 0. The quantitative estimate of drug-likeness (QED) is 0.699. The van der Waals surface area contributed by atoms with Gasteiger partial charge in [0.1, 0.15) is 5.76 Å².